The number of sulfonamides is 1. The first-order valence-electron chi connectivity index (χ1n) is 8.31. The molecule has 0 aliphatic rings. The lowest BCUT2D eigenvalue weighted by molar-refractivity contribution is -0.121. The van der Waals surface area contributed by atoms with Gasteiger partial charge in [0.15, 0.2) is 0 Å². The van der Waals surface area contributed by atoms with Crippen molar-refractivity contribution >= 4 is 33.2 Å². The van der Waals surface area contributed by atoms with Crippen molar-refractivity contribution in [2.24, 2.45) is 0 Å². The van der Waals surface area contributed by atoms with Gasteiger partial charge in [-0.1, -0.05) is 47.5 Å². The average molecular weight is 395 g/mol. The molecule has 140 valence electrons. The van der Waals surface area contributed by atoms with Crippen LogP contribution in [0.4, 0.5) is 5.69 Å². The number of aryl methyl sites for hydroxylation is 1. The van der Waals surface area contributed by atoms with Gasteiger partial charge < -0.3 is 5.32 Å². The number of carbonyl (C=O) groups is 1. The van der Waals surface area contributed by atoms with Crippen molar-refractivity contribution in [3.8, 4) is 0 Å². The Morgan fingerprint density at radius 1 is 1.15 bits per heavy atom. The molecule has 5 nitrogen and oxygen atoms in total. The normalized spacial score (nSPS) is 11.2. The Labute approximate surface area is 160 Å². The van der Waals surface area contributed by atoms with Crippen molar-refractivity contribution in [1.29, 1.82) is 0 Å². The molecule has 0 bridgehead atoms. The molecule has 0 aliphatic heterocycles. The van der Waals surface area contributed by atoms with Gasteiger partial charge >= 0.3 is 0 Å². The molecule has 7 heteroatoms. The van der Waals surface area contributed by atoms with Gasteiger partial charge in [0, 0.05) is 24.5 Å². The smallest absolute Gasteiger partial charge is 0.232 e. The Morgan fingerprint density at radius 3 is 2.46 bits per heavy atom. The molecule has 0 aromatic heterocycles. The third-order valence-corrected chi connectivity index (χ3v) is 5.30. The molecule has 2 aromatic rings. The van der Waals surface area contributed by atoms with Crippen LogP contribution in [0, 0.1) is 6.92 Å². The number of anilines is 1. The van der Waals surface area contributed by atoms with E-state index >= 15 is 0 Å². The van der Waals surface area contributed by atoms with E-state index < -0.39 is 10.0 Å². The van der Waals surface area contributed by atoms with E-state index in [9.17, 15) is 13.2 Å². The van der Waals surface area contributed by atoms with E-state index in [4.69, 9.17) is 11.6 Å². The topological polar surface area (TPSA) is 66.5 Å². The Kier molecular flexibility index (Phi) is 7.06. The molecule has 0 spiro atoms. The van der Waals surface area contributed by atoms with Crippen molar-refractivity contribution in [2.75, 3.05) is 17.1 Å². The second-order valence-electron chi connectivity index (χ2n) is 6.18. The van der Waals surface area contributed by atoms with Crippen molar-refractivity contribution in [1.82, 2.24) is 5.32 Å². The Bertz CT molecular complexity index is 851. The first kappa shape index (κ1) is 20.3. The quantitative estimate of drug-likeness (QED) is 0.745. The van der Waals surface area contributed by atoms with Crippen molar-refractivity contribution < 1.29 is 13.2 Å². The number of amides is 1. The molecule has 1 amide bonds. The van der Waals surface area contributed by atoms with Crippen LogP contribution in [0.2, 0.25) is 5.02 Å². The Morgan fingerprint density at radius 2 is 1.85 bits per heavy atom. The Balaban J connectivity index is 1.87. The largest absolute Gasteiger partial charge is 0.352 e. The third-order valence-electron chi connectivity index (χ3n) is 3.87. The maximum Gasteiger partial charge on any atom is 0.232 e. The fourth-order valence-corrected chi connectivity index (χ4v) is 3.64. The predicted octanol–water partition coefficient (Wildman–Crippen LogP) is 3.51. The van der Waals surface area contributed by atoms with Crippen molar-refractivity contribution in [3.63, 3.8) is 0 Å². The van der Waals surface area contributed by atoms with E-state index in [0.717, 1.165) is 11.8 Å². The van der Waals surface area contributed by atoms with Crippen LogP contribution in [0.3, 0.4) is 0 Å². The average Bonchev–Trinajstić information content (AvgIpc) is 2.57. The molecule has 0 unspecified atom stereocenters. The number of rotatable bonds is 8. The molecule has 2 rings (SSSR count). The van der Waals surface area contributed by atoms with Crippen LogP contribution in [0.5, 0.6) is 0 Å². The van der Waals surface area contributed by atoms with E-state index in [0.29, 0.717) is 23.7 Å². The van der Waals surface area contributed by atoms with Crippen molar-refractivity contribution in [3.05, 3.63) is 64.7 Å². The van der Waals surface area contributed by atoms with Crippen LogP contribution in [0.1, 0.15) is 24.0 Å². The molecule has 0 aliphatic carbocycles. The van der Waals surface area contributed by atoms with Gasteiger partial charge in [-0.3, -0.25) is 9.10 Å². The molecule has 26 heavy (non-hydrogen) atoms. The lowest BCUT2D eigenvalue weighted by Crippen LogP contribution is -2.32. The summed E-state index contributed by atoms with van der Waals surface area (Å²) in [7, 11) is -3.45. The second-order valence-corrected chi connectivity index (χ2v) is 8.52. The first-order chi connectivity index (χ1) is 12.3. The minimum atomic E-state index is -3.45. The van der Waals surface area contributed by atoms with Crippen molar-refractivity contribution in [2.45, 2.75) is 26.3 Å². The maximum atomic E-state index is 12.0. The molecule has 1 N–H and O–H groups in total. The summed E-state index contributed by atoms with van der Waals surface area (Å²) in [5.74, 6) is -0.106. The third kappa shape index (κ3) is 6.35. The number of nitrogens with zero attached hydrogens (tertiary/aromatic N) is 1. The summed E-state index contributed by atoms with van der Waals surface area (Å²) in [6.45, 7) is 2.69. The van der Waals surface area contributed by atoms with E-state index in [-0.39, 0.29) is 18.9 Å². The molecule has 0 saturated heterocycles. The number of hydrogen-bond acceptors (Lipinski definition) is 3. The van der Waals surface area contributed by atoms with E-state index in [1.54, 1.807) is 24.3 Å². The van der Waals surface area contributed by atoms with Gasteiger partial charge in [0.2, 0.25) is 15.9 Å². The zero-order valence-electron chi connectivity index (χ0n) is 14.9. The summed E-state index contributed by atoms with van der Waals surface area (Å²) >= 11 is 5.95. The molecular formula is C19H23ClN2O3S. The number of hydrogen-bond donors (Lipinski definition) is 1. The second kappa shape index (κ2) is 9.05. The minimum absolute atomic E-state index is 0.106. The van der Waals surface area contributed by atoms with Crippen LogP contribution in [-0.4, -0.2) is 27.1 Å². The lowest BCUT2D eigenvalue weighted by atomic mass is 10.1. The summed E-state index contributed by atoms with van der Waals surface area (Å²) in [4.78, 5) is 12.0. The van der Waals surface area contributed by atoms with Crippen LogP contribution >= 0.6 is 11.6 Å². The molecule has 0 saturated carbocycles. The van der Waals surface area contributed by atoms with Gasteiger partial charge in [-0.15, -0.1) is 0 Å². The summed E-state index contributed by atoms with van der Waals surface area (Å²) in [5, 5.41) is 3.32. The first-order valence-corrected chi connectivity index (χ1v) is 10.5. The van der Waals surface area contributed by atoms with E-state index in [2.05, 4.69) is 5.32 Å². The fraction of sp³-hybridized carbons (Fsp3) is 0.316. The molecule has 0 radical (unpaired) electrons. The highest BCUT2D eigenvalue weighted by Gasteiger charge is 2.17. The van der Waals surface area contributed by atoms with Crippen LogP contribution in [-0.2, 0) is 21.4 Å². The molecule has 2 aromatic carbocycles. The zero-order chi connectivity index (χ0) is 19.2. The summed E-state index contributed by atoms with van der Waals surface area (Å²) in [6, 6.07) is 14.6. The zero-order valence-corrected chi connectivity index (χ0v) is 16.5. The minimum Gasteiger partial charge on any atom is -0.352 e. The van der Waals surface area contributed by atoms with Gasteiger partial charge in [-0.2, -0.15) is 0 Å². The maximum absolute atomic E-state index is 12.0. The SMILES string of the molecule is Cc1ccc(CNC(=O)CCCN(c2cccc(Cl)c2)S(C)(=O)=O)cc1. The number of halogens is 1. The van der Waals surface area contributed by atoms with Gasteiger partial charge in [0.05, 0.1) is 11.9 Å². The highest BCUT2D eigenvalue weighted by molar-refractivity contribution is 7.92. The molecule has 0 atom stereocenters. The van der Waals surface area contributed by atoms with Gasteiger partial charge in [0.25, 0.3) is 0 Å². The molecule has 0 fully saturated rings. The number of carbonyl (C=O) groups excluding carboxylic acids is 1. The van der Waals surface area contributed by atoms with Gasteiger partial charge in [-0.05, 0) is 37.1 Å². The van der Waals surface area contributed by atoms with Crippen LogP contribution in [0.15, 0.2) is 48.5 Å². The van der Waals surface area contributed by atoms with Gasteiger partial charge in [0.1, 0.15) is 0 Å². The summed E-state index contributed by atoms with van der Waals surface area (Å²) in [5.41, 5.74) is 2.70. The summed E-state index contributed by atoms with van der Waals surface area (Å²) in [6.07, 6.45) is 1.81. The fourth-order valence-electron chi connectivity index (χ4n) is 2.50. The summed E-state index contributed by atoms with van der Waals surface area (Å²) < 4.78 is 25.3. The van der Waals surface area contributed by atoms with Crippen LogP contribution < -0.4 is 9.62 Å². The highest BCUT2D eigenvalue weighted by Crippen LogP contribution is 2.22. The highest BCUT2D eigenvalue weighted by atomic mass is 35.5. The number of benzene rings is 2. The predicted molar refractivity (Wildman–Crippen MR) is 106 cm³/mol. The van der Waals surface area contributed by atoms with E-state index in [1.165, 1.54) is 9.87 Å². The molecule has 0 heterocycles. The molecular weight excluding hydrogens is 372 g/mol. The van der Waals surface area contributed by atoms with Crippen LogP contribution in [0.25, 0.3) is 0 Å². The Hall–Kier alpha value is -2.05. The van der Waals surface area contributed by atoms with E-state index in [1.807, 2.05) is 31.2 Å². The monoisotopic (exact) mass is 394 g/mol. The number of nitrogens with one attached hydrogen (secondary N) is 1. The lowest BCUT2D eigenvalue weighted by Gasteiger charge is -2.22. The standard InChI is InChI=1S/C19H23ClN2O3S/c1-15-8-10-16(11-9-15)14-21-19(23)7-4-12-22(26(2,24)25)18-6-3-5-17(20)13-18/h3,5-6,8-11,13H,4,7,12,14H2,1-2H3,(H,21,23). The van der Waals surface area contributed by atoms with Gasteiger partial charge in [-0.25, -0.2) is 8.42 Å².